The van der Waals surface area contributed by atoms with Gasteiger partial charge in [-0.05, 0) is 55.3 Å². The van der Waals surface area contributed by atoms with Crippen LogP contribution in [0.25, 0.3) is 0 Å². The number of para-hydroxylation sites is 2. The van der Waals surface area contributed by atoms with Gasteiger partial charge in [0.25, 0.3) is 5.91 Å². The van der Waals surface area contributed by atoms with Crippen LogP contribution in [0.2, 0.25) is 0 Å². The second-order valence-electron chi connectivity index (χ2n) is 10.9. The van der Waals surface area contributed by atoms with Crippen LogP contribution in [0.3, 0.4) is 0 Å². The van der Waals surface area contributed by atoms with Crippen molar-refractivity contribution in [2.75, 3.05) is 10.6 Å². The van der Waals surface area contributed by atoms with Crippen molar-refractivity contribution in [2.24, 2.45) is 0 Å². The average Bonchev–Trinajstić information content (AvgIpc) is 3.02. The molecule has 242 valence electrons. The highest BCUT2D eigenvalue weighted by Gasteiger charge is 2.43. The van der Waals surface area contributed by atoms with Crippen LogP contribution in [0, 0.1) is 0 Å². The number of aliphatic hydroxyl groups is 1. The minimum Gasteiger partial charge on any atom is -0.369 e. The van der Waals surface area contributed by atoms with E-state index < -0.39 is 39.4 Å². The molecule has 2 atom stereocenters. The minimum absolute atomic E-state index is 0.00597. The number of halogens is 3. The summed E-state index contributed by atoms with van der Waals surface area (Å²) < 4.78 is 67.4. The summed E-state index contributed by atoms with van der Waals surface area (Å²) >= 11 is 0. The first kappa shape index (κ1) is 34.4. The van der Waals surface area contributed by atoms with Crippen LogP contribution in [0.5, 0.6) is 0 Å². The number of nitrogens with one attached hydrogen (secondary N) is 1. The van der Waals surface area contributed by atoms with Gasteiger partial charge in [-0.25, -0.2) is 12.7 Å². The van der Waals surface area contributed by atoms with Gasteiger partial charge in [-0.1, -0.05) is 84.9 Å². The number of hydrogen-bond acceptors (Lipinski definition) is 5. The molecule has 0 aliphatic heterocycles. The van der Waals surface area contributed by atoms with Crippen LogP contribution in [-0.4, -0.2) is 42.4 Å². The van der Waals surface area contributed by atoms with Gasteiger partial charge in [0.1, 0.15) is 0 Å². The van der Waals surface area contributed by atoms with Gasteiger partial charge in [0.2, 0.25) is 10.0 Å². The summed E-state index contributed by atoms with van der Waals surface area (Å²) in [7, 11) is -3.93. The number of carbonyl (C=O) groups excluding carboxylic acids is 1. The molecule has 0 saturated carbocycles. The van der Waals surface area contributed by atoms with Gasteiger partial charge >= 0.3 is 6.18 Å². The zero-order valence-electron chi connectivity index (χ0n) is 25.6. The monoisotopic (exact) mass is 651 g/mol. The van der Waals surface area contributed by atoms with Crippen LogP contribution in [0.15, 0.2) is 121 Å². The number of hydrogen-bond donors (Lipinski definition) is 2. The lowest BCUT2D eigenvalue weighted by Gasteiger charge is -2.43. The summed E-state index contributed by atoms with van der Waals surface area (Å²) in [4.78, 5) is 15.7. The topological polar surface area (TPSA) is 90.0 Å². The molecular formula is C35H36F3N3O4S. The fraction of sp³-hybridized carbons (Fsp3) is 0.229. The molecule has 0 aliphatic carbocycles. The molecule has 1 amide bonds. The number of sulfonamides is 1. The molecule has 2 N–H and O–H groups in total. The molecule has 0 unspecified atom stereocenters. The number of benzene rings is 4. The zero-order chi connectivity index (χ0) is 33.5. The van der Waals surface area contributed by atoms with Crippen LogP contribution in [0.1, 0.15) is 40.9 Å². The molecule has 4 rings (SSSR count). The van der Waals surface area contributed by atoms with Gasteiger partial charge in [-0.15, -0.1) is 0 Å². The summed E-state index contributed by atoms with van der Waals surface area (Å²) in [5.74, 6) is -0.690. The molecule has 4 aromatic rings. The zero-order valence-corrected chi connectivity index (χ0v) is 26.5. The lowest BCUT2D eigenvalue weighted by Crippen LogP contribution is -2.61. The van der Waals surface area contributed by atoms with Gasteiger partial charge in [0, 0.05) is 19.2 Å². The maximum Gasteiger partial charge on any atom is 0.416 e. The Labute approximate surface area is 267 Å². The first-order valence-electron chi connectivity index (χ1n) is 14.5. The van der Waals surface area contributed by atoms with E-state index in [0.29, 0.717) is 16.8 Å². The molecule has 0 heterocycles. The van der Waals surface area contributed by atoms with E-state index in [1.807, 2.05) is 6.07 Å². The fourth-order valence-electron chi connectivity index (χ4n) is 5.19. The Morgan fingerprint density at radius 3 is 2.09 bits per heavy atom. The van der Waals surface area contributed by atoms with Crippen molar-refractivity contribution in [3.05, 3.63) is 144 Å². The molecule has 0 radical (unpaired) electrons. The molecule has 4 aromatic carbocycles. The van der Waals surface area contributed by atoms with Crippen molar-refractivity contribution < 1.29 is 31.5 Å². The lowest BCUT2D eigenvalue weighted by molar-refractivity contribution is -0.137. The van der Waals surface area contributed by atoms with Gasteiger partial charge in [0.15, 0.2) is 5.72 Å². The normalized spacial score (nSPS) is 14.1. The lowest BCUT2D eigenvalue weighted by atomic mass is 9.93. The van der Waals surface area contributed by atoms with E-state index in [2.05, 4.69) is 5.32 Å². The van der Waals surface area contributed by atoms with E-state index in [0.717, 1.165) is 27.6 Å². The number of amides is 1. The van der Waals surface area contributed by atoms with Gasteiger partial charge in [0.05, 0.1) is 34.8 Å². The molecule has 0 spiro atoms. The molecule has 7 nitrogen and oxygen atoms in total. The number of nitrogens with zero attached hydrogens (tertiary/aromatic N) is 2. The van der Waals surface area contributed by atoms with Crippen molar-refractivity contribution >= 4 is 27.3 Å². The average molecular weight is 652 g/mol. The Balaban J connectivity index is 1.79. The molecule has 0 saturated heterocycles. The Hall–Kier alpha value is -4.45. The SMILES string of the molecule is C/C=C\N(C(=O)c1ccccc1N(c1ccccc1)S(C)(=O)=O)[C@](O)(Cc1ccccc1)[C@@H](C)NCc1cccc(C(F)(F)F)c1. The van der Waals surface area contributed by atoms with E-state index in [-0.39, 0.29) is 24.2 Å². The smallest absolute Gasteiger partial charge is 0.369 e. The van der Waals surface area contributed by atoms with Crippen molar-refractivity contribution in [3.8, 4) is 0 Å². The highest BCUT2D eigenvalue weighted by atomic mass is 32.2. The minimum atomic E-state index is -4.52. The third-order valence-electron chi connectivity index (χ3n) is 7.48. The number of anilines is 2. The summed E-state index contributed by atoms with van der Waals surface area (Å²) in [5.41, 5.74) is -1.33. The van der Waals surface area contributed by atoms with Gasteiger partial charge < -0.3 is 10.4 Å². The van der Waals surface area contributed by atoms with Crippen LogP contribution < -0.4 is 9.62 Å². The van der Waals surface area contributed by atoms with Crippen LogP contribution in [0.4, 0.5) is 24.5 Å². The molecule has 0 aliphatic rings. The maximum absolute atomic E-state index is 14.5. The van der Waals surface area contributed by atoms with Gasteiger partial charge in [-0.3, -0.25) is 9.69 Å². The van der Waals surface area contributed by atoms with Crippen LogP contribution in [-0.2, 0) is 29.2 Å². The second-order valence-corrected chi connectivity index (χ2v) is 12.7. The number of allylic oxidation sites excluding steroid dienone is 1. The van der Waals surface area contributed by atoms with E-state index in [1.54, 1.807) is 92.7 Å². The molecule has 0 aromatic heterocycles. The first-order chi connectivity index (χ1) is 21.8. The number of rotatable bonds is 12. The second kappa shape index (κ2) is 14.3. The Kier molecular flexibility index (Phi) is 10.7. The van der Waals surface area contributed by atoms with Crippen molar-refractivity contribution in [2.45, 2.75) is 44.8 Å². The van der Waals surface area contributed by atoms with Gasteiger partial charge in [-0.2, -0.15) is 13.2 Å². The van der Waals surface area contributed by atoms with E-state index in [4.69, 9.17) is 0 Å². The molecule has 11 heteroatoms. The Bertz CT molecular complexity index is 1770. The molecule has 0 bridgehead atoms. The highest BCUT2D eigenvalue weighted by Crippen LogP contribution is 2.35. The van der Waals surface area contributed by atoms with Crippen molar-refractivity contribution in [3.63, 3.8) is 0 Å². The summed E-state index contributed by atoms with van der Waals surface area (Å²) in [6.07, 6.45) is -0.551. The molecule has 46 heavy (non-hydrogen) atoms. The Morgan fingerprint density at radius 1 is 0.891 bits per heavy atom. The first-order valence-corrected chi connectivity index (χ1v) is 16.4. The third-order valence-corrected chi connectivity index (χ3v) is 8.55. The van der Waals surface area contributed by atoms with E-state index >= 15 is 0 Å². The molecular weight excluding hydrogens is 615 g/mol. The standard InChI is InChI=1S/C35H36F3N3O4S/c1-4-22-40(33(42)31-20-11-12-21-32(31)41(46(3,44)45)30-18-9-6-10-19-30)34(43,24-27-14-7-5-8-15-27)26(2)39-25-28-16-13-17-29(23-28)35(36,37)38/h4-23,26,39,43H,24-25H2,1-3H3/b22-4-/t26-,34+/m1/s1. The fourth-order valence-corrected chi connectivity index (χ4v) is 6.21. The predicted molar refractivity (Wildman–Crippen MR) is 174 cm³/mol. The third kappa shape index (κ3) is 8.03. The van der Waals surface area contributed by atoms with Crippen molar-refractivity contribution in [1.29, 1.82) is 0 Å². The summed E-state index contributed by atoms with van der Waals surface area (Å²) in [5, 5.41) is 15.6. The Morgan fingerprint density at radius 2 is 1.48 bits per heavy atom. The number of carbonyl (C=O) groups is 1. The quantitative estimate of drug-likeness (QED) is 0.163. The maximum atomic E-state index is 14.5. The van der Waals surface area contributed by atoms with Crippen molar-refractivity contribution in [1.82, 2.24) is 10.2 Å². The van der Waals surface area contributed by atoms with Crippen LogP contribution >= 0.6 is 0 Å². The largest absolute Gasteiger partial charge is 0.416 e. The predicted octanol–water partition coefficient (Wildman–Crippen LogP) is 6.89. The summed E-state index contributed by atoms with van der Waals surface area (Å²) in [6, 6.07) is 27.5. The van der Waals surface area contributed by atoms with E-state index in [1.165, 1.54) is 24.4 Å². The molecule has 0 fully saturated rings. The van der Waals surface area contributed by atoms with E-state index in [9.17, 15) is 31.5 Å². The number of alkyl halides is 3. The highest BCUT2D eigenvalue weighted by molar-refractivity contribution is 7.92. The summed E-state index contributed by atoms with van der Waals surface area (Å²) in [6.45, 7) is 3.27.